The van der Waals surface area contributed by atoms with Gasteiger partial charge >= 0.3 is 5.97 Å². The van der Waals surface area contributed by atoms with E-state index in [-0.39, 0.29) is 11.8 Å². The number of esters is 1. The van der Waals surface area contributed by atoms with E-state index in [0.29, 0.717) is 6.42 Å². The normalized spacial score (nSPS) is 11.6. The maximum absolute atomic E-state index is 12.2. The molecule has 1 amide bonds. The van der Waals surface area contributed by atoms with Crippen molar-refractivity contribution in [1.29, 1.82) is 0 Å². The lowest BCUT2D eigenvalue weighted by Crippen LogP contribution is -2.41. The Balaban J connectivity index is 1.86. The van der Waals surface area contributed by atoms with Crippen molar-refractivity contribution >= 4 is 32.8 Å². The van der Waals surface area contributed by atoms with Crippen LogP contribution in [0.2, 0.25) is 0 Å². The quantitative estimate of drug-likeness (QED) is 0.546. The average molecular weight is 376 g/mol. The number of carbonyl (C=O) groups is 2. The lowest BCUT2D eigenvalue weighted by molar-refractivity contribution is -0.145. The fourth-order valence-electron chi connectivity index (χ4n) is 2.18. The third-order valence-electron chi connectivity index (χ3n) is 3.35. The molecule has 0 saturated carbocycles. The topological polar surface area (TPSA) is 55.4 Å². The van der Waals surface area contributed by atoms with Gasteiger partial charge in [-0.3, -0.25) is 4.79 Å². The molecule has 0 heterocycles. The molecule has 2 rings (SSSR count). The number of hydrogen-bond acceptors (Lipinski definition) is 5. The van der Waals surface area contributed by atoms with Gasteiger partial charge in [0, 0.05) is 23.0 Å². The summed E-state index contributed by atoms with van der Waals surface area (Å²) in [5.41, 5.74) is 2.13. The summed E-state index contributed by atoms with van der Waals surface area (Å²) in [6.07, 6.45) is 0.412. The Morgan fingerprint density at radius 1 is 1.00 bits per heavy atom. The van der Waals surface area contributed by atoms with Crippen molar-refractivity contribution in [3.63, 3.8) is 0 Å². The number of hydrogen-bond donors (Lipinski definition) is 1. The van der Waals surface area contributed by atoms with Crippen molar-refractivity contribution in [1.82, 2.24) is 5.32 Å². The van der Waals surface area contributed by atoms with E-state index in [2.05, 4.69) is 5.32 Å². The van der Waals surface area contributed by atoms with E-state index in [4.69, 9.17) is 4.74 Å². The molecule has 6 heteroatoms. The van der Waals surface area contributed by atoms with E-state index in [1.54, 1.807) is 6.92 Å². The Bertz CT molecular complexity index is 665. The summed E-state index contributed by atoms with van der Waals surface area (Å²) >= 11 is 0. The molecule has 2 aromatic rings. The van der Waals surface area contributed by atoms with Gasteiger partial charge in [0.05, 0.1) is 6.61 Å². The fraction of sp³-hybridized carbons (Fsp3) is 0.263. The van der Waals surface area contributed by atoms with Crippen LogP contribution in [0.25, 0.3) is 0 Å². The summed E-state index contributed by atoms with van der Waals surface area (Å²) in [6, 6.07) is 18.8. The average Bonchev–Trinajstić information content (AvgIpc) is 2.63. The molecule has 1 N–H and O–H groups in total. The van der Waals surface area contributed by atoms with E-state index in [1.807, 2.05) is 60.7 Å². The van der Waals surface area contributed by atoms with Crippen LogP contribution in [0.1, 0.15) is 18.1 Å². The van der Waals surface area contributed by atoms with Gasteiger partial charge in [0.15, 0.2) is 0 Å². The Morgan fingerprint density at radius 3 is 2.20 bits per heavy atom. The molecule has 4 nitrogen and oxygen atoms in total. The Kier molecular flexibility index (Phi) is 8.42. The zero-order chi connectivity index (χ0) is 17.9. The summed E-state index contributed by atoms with van der Waals surface area (Å²) in [6.45, 7) is 2.04. The molecule has 0 radical (unpaired) electrons. The molecule has 0 fully saturated rings. The monoisotopic (exact) mass is 375 g/mol. The Morgan fingerprint density at radius 2 is 1.60 bits per heavy atom. The van der Waals surface area contributed by atoms with Gasteiger partial charge in [0.2, 0.25) is 0 Å². The minimum atomic E-state index is -0.681. The van der Waals surface area contributed by atoms with Crippen molar-refractivity contribution in [3.05, 3.63) is 71.8 Å². The minimum absolute atomic E-state index is 0.241. The second-order valence-corrected chi connectivity index (χ2v) is 7.53. The molecule has 0 spiro atoms. The van der Waals surface area contributed by atoms with Crippen molar-refractivity contribution in [2.24, 2.45) is 0 Å². The number of nitrogens with one attached hydrogen (secondary N) is 1. The van der Waals surface area contributed by atoms with Crippen LogP contribution >= 0.6 is 21.6 Å². The number of amides is 1. The van der Waals surface area contributed by atoms with Crippen LogP contribution in [-0.2, 0) is 21.7 Å². The van der Waals surface area contributed by atoms with Crippen LogP contribution in [0, 0.1) is 0 Å². The molecule has 132 valence electrons. The second-order valence-electron chi connectivity index (χ2n) is 5.26. The molecule has 25 heavy (non-hydrogen) atoms. The molecule has 2 aromatic carbocycles. The van der Waals surface area contributed by atoms with E-state index in [9.17, 15) is 9.59 Å². The molecule has 1 atom stereocenters. The first-order valence-corrected chi connectivity index (χ1v) is 10.4. The van der Waals surface area contributed by atoms with Gasteiger partial charge in [-0.05, 0) is 18.1 Å². The van der Waals surface area contributed by atoms with Crippen LogP contribution in [0.5, 0.6) is 0 Å². The summed E-state index contributed by atoms with van der Waals surface area (Å²) in [7, 11) is 2.54. The highest BCUT2D eigenvalue weighted by atomic mass is 33.1. The fourth-order valence-corrected chi connectivity index (χ4v) is 3.91. The van der Waals surface area contributed by atoms with Crippen molar-refractivity contribution in [3.8, 4) is 0 Å². The summed E-state index contributed by atoms with van der Waals surface area (Å²) < 4.78 is 5.08. The third-order valence-corrected chi connectivity index (χ3v) is 5.35. The molecule has 0 aliphatic carbocycles. The molecule has 1 unspecified atom stereocenters. The first-order chi connectivity index (χ1) is 12.2. The van der Waals surface area contributed by atoms with Crippen LogP contribution in [0.4, 0.5) is 4.79 Å². The van der Waals surface area contributed by atoms with E-state index < -0.39 is 12.0 Å². The van der Waals surface area contributed by atoms with Gasteiger partial charge < -0.3 is 10.1 Å². The van der Waals surface area contributed by atoms with E-state index in [1.165, 1.54) is 10.8 Å². The number of carbonyl (C=O) groups excluding carboxylic acids is 2. The van der Waals surface area contributed by atoms with Crippen LogP contribution in [-0.4, -0.2) is 23.9 Å². The van der Waals surface area contributed by atoms with Gasteiger partial charge in [-0.25, -0.2) is 4.79 Å². The zero-order valence-electron chi connectivity index (χ0n) is 14.0. The molecule has 0 aliphatic heterocycles. The minimum Gasteiger partial charge on any atom is -0.464 e. The highest BCUT2D eigenvalue weighted by Gasteiger charge is 2.22. The standard InChI is InChI=1S/C19H21NO3S2/c1-2-23-18(21)17(13-15-9-5-3-6-10-15)20-19(22)25-24-14-16-11-7-4-8-12-16/h3-12,17H,2,13-14H2,1H3,(H,20,22). The van der Waals surface area contributed by atoms with Gasteiger partial charge in [-0.1, -0.05) is 71.5 Å². The number of rotatable bonds is 8. The first kappa shape index (κ1) is 19.4. The number of ether oxygens (including phenoxy) is 1. The van der Waals surface area contributed by atoms with Gasteiger partial charge in [0.25, 0.3) is 5.24 Å². The maximum Gasteiger partial charge on any atom is 0.328 e. The molecule has 0 saturated heterocycles. The summed E-state index contributed by atoms with van der Waals surface area (Å²) in [4.78, 5) is 24.3. The lowest BCUT2D eigenvalue weighted by Gasteiger charge is -2.17. The molecule has 0 bridgehead atoms. The maximum atomic E-state index is 12.2. The third kappa shape index (κ3) is 7.23. The predicted octanol–water partition coefficient (Wildman–Crippen LogP) is 4.45. The summed E-state index contributed by atoms with van der Waals surface area (Å²) in [5, 5.41) is 2.52. The molecule has 0 aliphatic rings. The summed E-state index contributed by atoms with van der Waals surface area (Å²) in [5.74, 6) is 0.315. The van der Waals surface area contributed by atoms with Gasteiger partial charge in [0.1, 0.15) is 6.04 Å². The zero-order valence-corrected chi connectivity index (χ0v) is 15.6. The molecular weight excluding hydrogens is 354 g/mol. The molecule has 0 aromatic heterocycles. The van der Waals surface area contributed by atoms with Gasteiger partial charge in [-0.2, -0.15) is 0 Å². The molecular formula is C19H21NO3S2. The Labute approximate surface area is 156 Å². The van der Waals surface area contributed by atoms with E-state index >= 15 is 0 Å². The van der Waals surface area contributed by atoms with Gasteiger partial charge in [-0.15, -0.1) is 0 Å². The van der Waals surface area contributed by atoms with Crippen molar-refractivity contribution in [2.75, 3.05) is 6.61 Å². The van der Waals surface area contributed by atoms with Crippen LogP contribution < -0.4 is 5.32 Å². The largest absolute Gasteiger partial charge is 0.464 e. The van der Waals surface area contributed by atoms with Crippen LogP contribution in [0.15, 0.2) is 60.7 Å². The lowest BCUT2D eigenvalue weighted by atomic mass is 10.1. The SMILES string of the molecule is CCOC(=O)C(Cc1ccccc1)NC(=O)SSCc1ccccc1. The Hall–Kier alpha value is -1.92. The second kappa shape index (κ2) is 10.8. The highest BCUT2D eigenvalue weighted by molar-refractivity contribution is 8.81. The van der Waals surface area contributed by atoms with Crippen LogP contribution in [0.3, 0.4) is 0 Å². The smallest absolute Gasteiger partial charge is 0.328 e. The number of benzene rings is 2. The van der Waals surface area contributed by atoms with E-state index in [0.717, 1.165) is 27.7 Å². The first-order valence-electron chi connectivity index (χ1n) is 8.03. The van der Waals surface area contributed by atoms with Crippen molar-refractivity contribution in [2.45, 2.75) is 25.1 Å². The highest BCUT2D eigenvalue weighted by Crippen LogP contribution is 2.26. The predicted molar refractivity (Wildman–Crippen MR) is 104 cm³/mol. The van der Waals surface area contributed by atoms with Crippen molar-refractivity contribution < 1.29 is 14.3 Å².